The Labute approximate surface area is 115 Å². The van der Waals surface area contributed by atoms with Crippen molar-refractivity contribution >= 4 is 21.9 Å². The summed E-state index contributed by atoms with van der Waals surface area (Å²) in [6.07, 6.45) is -0.483. The van der Waals surface area contributed by atoms with Gasteiger partial charge in [-0.3, -0.25) is 0 Å². The van der Waals surface area contributed by atoms with Gasteiger partial charge in [0.15, 0.2) is 6.10 Å². The van der Waals surface area contributed by atoms with Crippen LogP contribution in [0.2, 0.25) is 0 Å². The molecular formula is C13H17BrO4. The van der Waals surface area contributed by atoms with Crippen molar-refractivity contribution in [2.24, 2.45) is 0 Å². The molecule has 0 aliphatic carbocycles. The summed E-state index contributed by atoms with van der Waals surface area (Å²) < 4.78 is 11.5. The number of benzene rings is 1. The highest BCUT2D eigenvalue weighted by molar-refractivity contribution is 9.10. The van der Waals surface area contributed by atoms with Gasteiger partial charge in [0, 0.05) is 13.0 Å². The number of aliphatic carboxylic acids is 1. The van der Waals surface area contributed by atoms with Crippen molar-refractivity contribution in [2.75, 3.05) is 13.2 Å². The molecule has 0 aliphatic heterocycles. The molecule has 4 nitrogen and oxygen atoms in total. The van der Waals surface area contributed by atoms with E-state index < -0.39 is 12.1 Å². The van der Waals surface area contributed by atoms with Gasteiger partial charge in [0.1, 0.15) is 5.75 Å². The van der Waals surface area contributed by atoms with E-state index in [4.69, 9.17) is 14.6 Å². The molecule has 1 N–H and O–H groups in total. The summed E-state index contributed by atoms with van der Waals surface area (Å²) in [4.78, 5) is 10.9. The third-order valence-electron chi connectivity index (χ3n) is 2.37. The number of carboxylic acid groups (broad SMARTS) is 1. The zero-order valence-electron chi connectivity index (χ0n) is 10.5. The minimum atomic E-state index is -0.955. The monoisotopic (exact) mass is 316 g/mol. The van der Waals surface area contributed by atoms with E-state index in [0.717, 1.165) is 10.0 Å². The Morgan fingerprint density at radius 3 is 2.78 bits per heavy atom. The van der Waals surface area contributed by atoms with E-state index >= 15 is 0 Å². The van der Waals surface area contributed by atoms with Gasteiger partial charge in [-0.1, -0.05) is 6.07 Å². The molecule has 1 aromatic rings. The van der Waals surface area contributed by atoms with Crippen LogP contribution < -0.4 is 4.74 Å². The SMILES string of the molecule is CCOC(CCOc1ccc(C)cc1Br)C(=O)O. The maximum atomic E-state index is 10.9. The molecule has 1 rings (SSSR count). The van der Waals surface area contributed by atoms with Crippen molar-refractivity contribution < 1.29 is 19.4 Å². The number of aryl methyl sites for hydroxylation is 1. The minimum absolute atomic E-state index is 0.304. The van der Waals surface area contributed by atoms with Gasteiger partial charge in [-0.25, -0.2) is 4.79 Å². The lowest BCUT2D eigenvalue weighted by atomic mass is 10.2. The Kier molecular flexibility index (Phi) is 6.15. The van der Waals surface area contributed by atoms with Gasteiger partial charge in [-0.15, -0.1) is 0 Å². The number of hydrogen-bond donors (Lipinski definition) is 1. The standard InChI is InChI=1S/C13H17BrO4/c1-3-17-12(13(15)16)6-7-18-11-5-4-9(2)8-10(11)14/h4-5,8,12H,3,6-7H2,1-2H3,(H,15,16). The predicted molar refractivity (Wildman–Crippen MR) is 72.0 cm³/mol. The molecule has 1 aromatic carbocycles. The van der Waals surface area contributed by atoms with Gasteiger partial charge in [0.2, 0.25) is 0 Å². The first-order valence-corrected chi connectivity index (χ1v) is 6.57. The van der Waals surface area contributed by atoms with E-state index in [0.29, 0.717) is 25.4 Å². The average Bonchev–Trinajstić information content (AvgIpc) is 2.30. The van der Waals surface area contributed by atoms with Crippen LogP contribution in [-0.4, -0.2) is 30.4 Å². The van der Waals surface area contributed by atoms with Crippen LogP contribution in [0.1, 0.15) is 18.9 Å². The first kappa shape index (κ1) is 15.0. The normalized spacial score (nSPS) is 12.2. The molecule has 0 aliphatic rings. The van der Waals surface area contributed by atoms with Gasteiger partial charge in [-0.2, -0.15) is 0 Å². The van der Waals surface area contributed by atoms with Gasteiger partial charge in [-0.05, 0) is 47.5 Å². The highest BCUT2D eigenvalue weighted by Gasteiger charge is 2.17. The van der Waals surface area contributed by atoms with Gasteiger partial charge in [0.25, 0.3) is 0 Å². The number of rotatable bonds is 7. The molecule has 0 saturated carbocycles. The fourth-order valence-corrected chi connectivity index (χ4v) is 2.09. The Morgan fingerprint density at radius 2 is 2.22 bits per heavy atom. The predicted octanol–water partition coefficient (Wildman–Crippen LogP) is 3.02. The Balaban J connectivity index is 2.47. The summed E-state index contributed by atoms with van der Waals surface area (Å²) in [5, 5.41) is 8.90. The largest absolute Gasteiger partial charge is 0.492 e. The van der Waals surface area contributed by atoms with Crippen LogP contribution in [0.4, 0.5) is 0 Å². The second-order valence-corrected chi connectivity index (χ2v) is 4.71. The van der Waals surface area contributed by atoms with E-state index in [2.05, 4.69) is 15.9 Å². The Bertz CT molecular complexity index is 406. The van der Waals surface area contributed by atoms with Crippen LogP contribution in [-0.2, 0) is 9.53 Å². The number of hydrogen-bond acceptors (Lipinski definition) is 3. The van der Waals surface area contributed by atoms with E-state index in [9.17, 15) is 4.79 Å². The summed E-state index contributed by atoms with van der Waals surface area (Å²) in [6, 6.07) is 5.75. The molecule has 0 bridgehead atoms. The van der Waals surface area contributed by atoms with Crippen molar-refractivity contribution in [3.8, 4) is 5.75 Å². The summed E-state index contributed by atoms with van der Waals surface area (Å²) in [7, 11) is 0. The highest BCUT2D eigenvalue weighted by Crippen LogP contribution is 2.25. The summed E-state index contributed by atoms with van der Waals surface area (Å²) in [6.45, 7) is 4.45. The fraction of sp³-hybridized carbons (Fsp3) is 0.462. The van der Waals surface area contributed by atoms with Crippen molar-refractivity contribution in [3.63, 3.8) is 0 Å². The molecule has 0 spiro atoms. The molecule has 1 unspecified atom stereocenters. The van der Waals surface area contributed by atoms with Gasteiger partial charge < -0.3 is 14.6 Å². The van der Waals surface area contributed by atoms with Crippen LogP contribution >= 0.6 is 15.9 Å². The summed E-state index contributed by atoms with van der Waals surface area (Å²) >= 11 is 3.40. The highest BCUT2D eigenvalue weighted by atomic mass is 79.9. The fourth-order valence-electron chi connectivity index (χ4n) is 1.48. The maximum absolute atomic E-state index is 10.9. The molecule has 18 heavy (non-hydrogen) atoms. The Morgan fingerprint density at radius 1 is 1.50 bits per heavy atom. The molecule has 0 fully saturated rings. The van der Waals surface area contributed by atoms with Gasteiger partial charge >= 0.3 is 5.97 Å². The topological polar surface area (TPSA) is 55.8 Å². The zero-order chi connectivity index (χ0) is 13.5. The lowest BCUT2D eigenvalue weighted by Crippen LogP contribution is -2.26. The molecule has 0 radical (unpaired) electrons. The third kappa shape index (κ3) is 4.66. The van der Waals surface area contributed by atoms with Crippen LogP contribution in [0.5, 0.6) is 5.75 Å². The third-order valence-corrected chi connectivity index (χ3v) is 2.99. The van der Waals surface area contributed by atoms with Crippen molar-refractivity contribution in [1.82, 2.24) is 0 Å². The summed E-state index contributed by atoms with van der Waals surface area (Å²) in [5.41, 5.74) is 1.13. The van der Waals surface area contributed by atoms with E-state index in [1.54, 1.807) is 6.92 Å². The lowest BCUT2D eigenvalue weighted by Gasteiger charge is -2.13. The number of ether oxygens (including phenoxy) is 2. The molecule has 1 atom stereocenters. The first-order chi connectivity index (χ1) is 8.54. The summed E-state index contributed by atoms with van der Waals surface area (Å²) in [5.74, 6) is -0.246. The molecule has 5 heteroatoms. The lowest BCUT2D eigenvalue weighted by molar-refractivity contribution is -0.150. The second kappa shape index (κ2) is 7.38. The van der Waals surface area contributed by atoms with Gasteiger partial charge in [0.05, 0.1) is 11.1 Å². The number of halogens is 1. The van der Waals surface area contributed by atoms with Crippen LogP contribution in [0.3, 0.4) is 0 Å². The Hall–Kier alpha value is -1.07. The van der Waals surface area contributed by atoms with Crippen LogP contribution in [0, 0.1) is 6.92 Å². The van der Waals surface area contributed by atoms with Crippen LogP contribution in [0.25, 0.3) is 0 Å². The average molecular weight is 317 g/mol. The molecule has 0 heterocycles. The smallest absolute Gasteiger partial charge is 0.332 e. The van der Waals surface area contributed by atoms with Crippen molar-refractivity contribution in [2.45, 2.75) is 26.4 Å². The van der Waals surface area contributed by atoms with E-state index in [1.807, 2.05) is 25.1 Å². The molecule has 100 valence electrons. The molecule has 0 aromatic heterocycles. The molecular weight excluding hydrogens is 300 g/mol. The second-order valence-electron chi connectivity index (χ2n) is 3.85. The van der Waals surface area contributed by atoms with Crippen molar-refractivity contribution in [3.05, 3.63) is 28.2 Å². The molecule has 0 amide bonds. The number of carbonyl (C=O) groups is 1. The quantitative estimate of drug-likeness (QED) is 0.840. The van der Waals surface area contributed by atoms with E-state index in [1.165, 1.54) is 0 Å². The first-order valence-electron chi connectivity index (χ1n) is 5.78. The van der Waals surface area contributed by atoms with E-state index in [-0.39, 0.29) is 0 Å². The zero-order valence-corrected chi connectivity index (χ0v) is 12.1. The minimum Gasteiger partial charge on any atom is -0.492 e. The maximum Gasteiger partial charge on any atom is 0.332 e. The number of carboxylic acids is 1. The van der Waals surface area contributed by atoms with Crippen LogP contribution in [0.15, 0.2) is 22.7 Å². The van der Waals surface area contributed by atoms with Crippen molar-refractivity contribution in [1.29, 1.82) is 0 Å². The molecule has 0 saturated heterocycles.